The van der Waals surface area contributed by atoms with E-state index in [-0.39, 0.29) is 30.4 Å². The molecule has 0 aliphatic carbocycles. The molecule has 82 valence electrons. The third kappa shape index (κ3) is 2.79. The van der Waals surface area contributed by atoms with Gasteiger partial charge in [0, 0.05) is 19.0 Å². The molecule has 0 atom stereocenters. The maximum Gasteiger partial charge on any atom is 0.162 e. The van der Waals surface area contributed by atoms with E-state index in [0.29, 0.717) is 6.07 Å². The maximum absolute atomic E-state index is 13.1. The van der Waals surface area contributed by atoms with E-state index in [2.05, 4.69) is 0 Å². The highest BCUT2D eigenvalue weighted by molar-refractivity contribution is 5.25. The van der Waals surface area contributed by atoms with Crippen LogP contribution in [0.15, 0.2) is 24.0 Å². The topological polar surface area (TPSA) is 26.0 Å². The van der Waals surface area contributed by atoms with Crippen LogP contribution in [0.1, 0.15) is 5.56 Å². The zero-order valence-electron chi connectivity index (χ0n) is 7.74. The Morgan fingerprint density at radius 1 is 1.27 bits per heavy atom. The smallest absolute Gasteiger partial charge is 0.162 e. The molecule has 0 spiro atoms. The molecular weight excluding hydrogens is 210 g/mol. The van der Waals surface area contributed by atoms with Gasteiger partial charge in [-0.3, -0.25) is 0 Å². The molecule has 1 nitrogen and oxygen atoms in total. The summed E-state index contributed by atoms with van der Waals surface area (Å²) in [5.41, 5.74) is 4.96. The number of halogens is 4. The van der Waals surface area contributed by atoms with Crippen LogP contribution >= 0.6 is 0 Å². The first-order valence-electron chi connectivity index (χ1n) is 4.20. The molecule has 0 heterocycles. The zero-order valence-corrected chi connectivity index (χ0v) is 7.74. The fourth-order valence-corrected chi connectivity index (χ4v) is 1.14. The number of benzene rings is 1. The van der Waals surface area contributed by atoms with Crippen molar-refractivity contribution >= 4 is 0 Å². The Morgan fingerprint density at radius 3 is 2.47 bits per heavy atom. The Bertz CT molecular complexity index is 387. The monoisotopic (exact) mass is 219 g/mol. The Kier molecular flexibility index (Phi) is 3.85. The third-order valence-electron chi connectivity index (χ3n) is 1.90. The maximum atomic E-state index is 13.1. The summed E-state index contributed by atoms with van der Waals surface area (Å²) in [6.45, 7) is -0.131. The molecule has 0 unspecified atom stereocenters. The van der Waals surface area contributed by atoms with Crippen LogP contribution in [0.5, 0.6) is 0 Å². The van der Waals surface area contributed by atoms with Crippen LogP contribution in [0.3, 0.4) is 0 Å². The first-order chi connectivity index (χ1) is 7.08. The molecule has 0 bridgehead atoms. The fraction of sp³-hybridized carbons (Fsp3) is 0.200. The summed E-state index contributed by atoms with van der Waals surface area (Å²) in [5.74, 6) is -3.37. The number of hydrogen-bond donors (Lipinski definition) is 1. The van der Waals surface area contributed by atoms with Gasteiger partial charge in [0.2, 0.25) is 0 Å². The van der Waals surface area contributed by atoms with Crippen LogP contribution in [0.2, 0.25) is 0 Å². The van der Waals surface area contributed by atoms with Crippen molar-refractivity contribution in [2.45, 2.75) is 6.42 Å². The first kappa shape index (κ1) is 11.7. The minimum absolute atomic E-state index is 0.0684. The van der Waals surface area contributed by atoms with E-state index in [1.54, 1.807) is 0 Å². The fourth-order valence-electron chi connectivity index (χ4n) is 1.14. The van der Waals surface area contributed by atoms with Crippen LogP contribution in [0.4, 0.5) is 17.6 Å². The van der Waals surface area contributed by atoms with E-state index in [4.69, 9.17) is 5.73 Å². The van der Waals surface area contributed by atoms with Crippen molar-refractivity contribution in [3.8, 4) is 0 Å². The molecule has 0 aromatic heterocycles. The molecule has 0 amide bonds. The summed E-state index contributed by atoms with van der Waals surface area (Å²) in [7, 11) is 0. The molecule has 0 fully saturated rings. The van der Waals surface area contributed by atoms with Gasteiger partial charge in [-0.25, -0.2) is 17.6 Å². The Hall–Kier alpha value is -1.36. The molecule has 15 heavy (non-hydrogen) atoms. The third-order valence-corrected chi connectivity index (χ3v) is 1.90. The molecule has 0 aliphatic rings. The summed E-state index contributed by atoms with van der Waals surface area (Å²) in [6.07, 6.45) is -0.0320. The lowest BCUT2D eigenvalue weighted by Crippen LogP contribution is -2.07. The van der Waals surface area contributed by atoms with E-state index in [1.165, 1.54) is 0 Å². The van der Waals surface area contributed by atoms with E-state index >= 15 is 0 Å². The summed E-state index contributed by atoms with van der Waals surface area (Å²) in [5, 5.41) is 0. The molecule has 1 rings (SSSR count). The predicted molar refractivity (Wildman–Crippen MR) is 48.3 cm³/mol. The van der Waals surface area contributed by atoms with Gasteiger partial charge in [-0.2, -0.15) is 0 Å². The average Bonchev–Trinajstić information content (AvgIpc) is 2.21. The van der Waals surface area contributed by atoms with Crippen molar-refractivity contribution in [3.63, 3.8) is 0 Å². The summed E-state index contributed by atoms with van der Waals surface area (Å²) >= 11 is 0. The quantitative estimate of drug-likeness (QED) is 0.613. The summed E-state index contributed by atoms with van der Waals surface area (Å²) < 4.78 is 50.7. The van der Waals surface area contributed by atoms with Gasteiger partial charge in [0.25, 0.3) is 0 Å². The lowest BCUT2D eigenvalue weighted by atomic mass is 10.1. The van der Waals surface area contributed by atoms with Crippen molar-refractivity contribution in [1.82, 2.24) is 0 Å². The second kappa shape index (κ2) is 4.93. The zero-order chi connectivity index (χ0) is 11.4. The Balaban J connectivity index is 3.04. The van der Waals surface area contributed by atoms with Crippen molar-refractivity contribution in [3.05, 3.63) is 47.1 Å². The van der Waals surface area contributed by atoms with Gasteiger partial charge in [-0.1, -0.05) is 0 Å². The highest BCUT2D eigenvalue weighted by Gasteiger charge is 2.12. The van der Waals surface area contributed by atoms with Gasteiger partial charge in [-0.15, -0.1) is 0 Å². The lowest BCUT2D eigenvalue weighted by molar-refractivity contribution is 0.486. The second-order valence-electron chi connectivity index (χ2n) is 3.01. The molecule has 1 aromatic carbocycles. The summed E-state index contributed by atoms with van der Waals surface area (Å²) in [4.78, 5) is 0. The molecule has 0 aliphatic heterocycles. The highest BCUT2D eigenvalue weighted by Crippen LogP contribution is 2.17. The Morgan fingerprint density at radius 2 is 1.93 bits per heavy atom. The van der Waals surface area contributed by atoms with Crippen molar-refractivity contribution in [2.24, 2.45) is 5.73 Å². The molecule has 2 N–H and O–H groups in total. The summed E-state index contributed by atoms with van der Waals surface area (Å²) in [6, 6.07) is 1.25. The van der Waals surface area contributed by atoms with E-state index in [9.17, 15) is 17.6 Å². The number of nitrogens with two attached hydrogens (primary N) is 1. The van der Waals surface area contributed by atoms with E-state index in [1.807, 2.05) is 0 Å². The molecule has 0 saturated heterocycles. The minimum Gasteiger partial charge on any atom is -0.327 e. The molecule has 0 radical (unpaired) electrons. The normalized spacial score (nSPS) is 11.9. The van der Waals surface area contributed by atoms with E-state index < -0.39 is 17.5 Å². The predicted octanol–water partition coefficient (Wildman–Crippen LogP) is 2.46. The minimum atomic E-state index is -1.29. The van der Waals surface area contributed by atoms with Gasteiger partial charge in [-0.05, 0) is 17.2 Å². The van der Waals surface area contributed by atoms with Gasteiger partial charge < -0.3 is 5.73 Å². The van der Waals surface area contributed by atoms with Gasteiger partial charge in [0.15, 0.2) is 11.6 Å². The SMILES string of the molecule is NCC(=CF)Cc1cc(F)cc(F)c1F. The second-order valence-corrected chi connectivity index (χ2v) is 3.01. The molecule has 5 heteroatoms. The van der Waals surface area contributed by atoms with Crippen LogP contribution in [-0.4, -0.2) is 6.54 Å². The van der Waals surface area contributed by atoms with Crippen molar-refractivity contribution < 1.29 is 17.6 Å². The van der Waals surface area contributed by atoms with Gasteiger partial charge in [0.05, 0.1) is 6.33 Å². The standard InChI is InChI=1S/C10H9F4N/c11-4-6(5-15)1-7-2-8(12)3-9(13)10(7)14/h2-4H,1,5,15H2. The average molecular weight is 219 g/mol. The van der Waals surface area contributed by atoms with Crippen molar-refractivity contribution in [2.75, 3.05) is 6.54 Å². The van der Waals surface area contributed by atoms with Gasteiger partial charge in [0.1, 0.15) is 5.82 Å². The van der Waals surface area contributed by atoms with Crippen LogP contribution in [0.25, 0.3) is 0 Å². The van der Waals surface area contributed by atoms with Crippen LogP contribution in [0, 0.1) is 17.5 Å². The molecular formula is C10H9F4N. The largest absolute Gasteiger partial charge is 0.327 e. The number of rotatable bonds is 3. The first-order valence-corrected chi connectivity index (χ1v) is 4.20. The number of hydrogen-bond acceptors (Lipinski definition) is 1. The molecule has 0 saturated carbocycles. The van der Waals surface area contributed by atoms with Crippen LogP contribution < -0.4 is 5.73 Å². The lowest BCUT2D eigenvalue weighted by Gasteiger charge is -2.05. The highest BCUT2D eigenvalue weighted by atomic mass is 19.2. The Labute approximate surface area is 84.2 Å². The van der Waals surface area contributed by atoms with Crippen molar-refractivity contribution in [1.29, 1.82) is 0 Å². The van der Waals surface area contributed by atoms with Gasteiger partial charge >= 0.3 is 0 Å². The van der Waals surface area contributed by atoms with E-state index in [0.717, 1.165) is 6.07 Å². The van der Waals surface area contributed by atoms with Crippen LogP contribution in [-0.2, 0) is 6.42 Å². The molecule has 1 aromatic rings.